The number of nitrogens with two attached hydrogens (primary N) is 2. The highest BCUT2D eigenvalue weighted by molar-refractivity contribution is 6.04. The van der Waals surface area contributed by atoms with Crippen molar-refractivity contribution in [1.29, 1.82) is 0 Å². The Morgan fingerprint density at radius 2 is 1.52 bits per heavy atom. The van der Waals surface area contributed by atoms with Gasteiger partial charge in [-0.1, -0.05) is 0 Å². The SMILES string of the molecule is Nc1ccc(Nc2ncnc(Nc3cc(O)cc4cc(O)c(N)c(O)c34)n2)cc1. The lowest BCUT2D eigenvalue weighted by Gasteiger charge is -2.13. The average molecular weight is 391 g/mol. The zero-order valence-corrected chi connectivity index (χ0v) is 15.0. The van der Waals surface area contributed by atoms with Gasteiger partial charge in [0, 0.05) is 22.8 Å². The van der Waals surface area contributed by atoms with Gasteiger partial charge in [-0.15, -0.1) is 0 Å². The summed E-state index contributed by atoms with van der Waals surface area (Å²) in [5.41, 5.74) is 12.9. The van der Waals surface area contributed by atoms with Crippen LogP contribution in [0.15, 0.2) is 48.8 Å². The summed E-state index contributed by atoms with van der Waals surface area (Å²) in [6.45, 7) is 0. The van der Waals surface area contributed by atoms with Crippen LogP contribution in [0.2, 0.25) is 0 Å². The third-order valence-corrected chi connectivity index (χ3v) is 4.20. The summed E-state index contributed by atoms with van der Waals surface area (Å²) in [7, 11) is 0. The highest BCUT2D eigenvalue weighted by Crippen LogP contribution is 2.43. The van der Waals surface area contributed by atoms with E-state index in [0.29, 0.717) is 22.1 Å². The summed E-state index contributed by atoms with van der Waals surface area (Å²) >= 11 is 0. The summed E-state index contributed by atoms with van der Waals surface area (Å²) in [5.74, 6) is -0.259. The standard InChI is InChI=1S/C19H17N7O3/c20-10-1-3-11(4-2-10)24-18-22-8-23-19(26-18)25-13-7-12(27)5-9-6-14(28)16(21)17(29)15(9)13/h1-8,27-29H,20-21H2,(H2,22,23,24,25,26). The molecule has 1 heterocycles. The van der Waals surface area contributed by atoms with Gasteiger partial charge in [-0.05, 0) is 41.8 Å². The lowest BCUT2D eigenvalue weighted by Crippen LogP contribution is -2.03. The molecule has 0 unspecified atom stereocenters. The number of nitrogen functional groups attached to an aromatic ring is 2. The summed E-state index contributed by atoms with van der Waals surface area (Å²) < 4.78 is 0. The molecule has 0 aliphatic rings. The van der Waals surface area contributed by atoms with E-state index < -0.39 is 0 Å². The average Bonchev–Trinajstić information content (AvgIpc) is 2.68. The van der Waals surface area contributed by atoms with Crippen LogP contribution in [0.1, 0.15) is 0 Å². The van der Waals surface area contributed by atoms with Gasteiger partial charge in [-0.3, -0.25) is 0 Å². The fraction of sp³-hybridized carbons (Fsp3) is 0. The van der Waals surface area contributed by atoms with Crippen molar-refractivity contribution < 1.29 is 15.3 Å². The van der Waals surface area contributed by atoms with Crippen molar-refractivity contribution in [3.05, 3.63) is 48.8 Å². The van der Waals surface area contributed by atoms with Crippen LogP contribution >= 0.6 is 0 Å². The van der Waals surface area contributed by atoms with E-state index in [4.69, 9.17) is 11.5 Å². The molecule has 0 amide bonds. The van der Waals surface area contributed by atoms with Crippen LogP contribution < -0.4 is 22.1 Å². The van der Waals surface area contributed by atoms with Gasteiger partial charge in [0.25, 0.3) is 0 Å². The third kappa shape index (κ3) is 3.54. The van der Waals surface area contributed by atoms with Crippen LogP contribution in [0.4, 0.5) is 34.6 Å². The summed E-state index contributed by atoms with van der Waals surface area (Å²) in [5, 5.41) is 36.8. The molecule has 29 heavy (non-hydrogen) atoms. The number of rotatable bonds is 4. The first-order valence-corrected chi connectivity index (χ1v) is 8.46. The molecule has 0 aliphatic carbocycles. The van der Waals surface area contributed by atoms with E-state index in [9.17, 15) is 15.3 Å². The molecule has 9 N–H and O–H groups in total. The summed E-state index contributed by atoms with van der Waals surface area (Å²) in [6, 6.07) is 11.2. The fourth-order valence-corrected chi connectivity index (χ4v) is 2.84. The predicted octanol–water partition coefficient (Wildman–Crippen LogP) is 2.79. The van der Waals surface area contributed by atoms with Gasteiger partial charge in [0.15, 0.2) is 5.75 Å². The zero-order valence-electron chi connectivity index (χ0n) is 15.0. The zero-order chi connectivity index (χ0) is 20.5. The second kappa shape index (κ2) is 6.93. The Morgan fingerprint density at radius 1 is 0.828 bits per heavy atom. The molecule has 10 nitrogen and oxygen atoms in total. The molecule has 10 heteroatoms. The van der Waals surface area contributed by atoms with Crippen LogP contribution in [-0.4, -0.2) is 30.3 Å². The number of anilines is 6. The number of nitrogens with zero attached hydrogens (tertiary/aromatic N) is 3. The topological polar surface area (TPSA) is 175 Å². The Bertz CT molecular complexity index is 1210. The molecule has 146 valence electrons. The van der Waals surface area contributed by atoms with Crippen LogP contribution in [0.25, 0.3) is 10.8 Å². The van der Waals surface area contributed by atoms with Gasteiger partial charge in [-0.25, -0.2) is 9.97 Å². The van der Waals surface area contributed by atoms with Crippen LogP contribution in [0.3, 0.4) is 0 Å². The number of aromatic nitrogens is 3. The molecular formula is C19H17N7O3. The van der Waals surface area contributed by atoms with Crippen molar-refractivity contribution in [3.8, 4) is 17.2 Å². The number of nitrogens with one attached hydrogen (secondary N) is 2. The van der Waals surface area contributed by atoms with Gasteiger partial charge >= 0.3 is 0 Å². The minimum Gasteiger partial charge on any atom is -0.508 e. The molecule has 0 aliphatic heterocycles. The number of hydrogen-bond acceptors (Lipinski definition) is 10. The van der Waals surface area contributed by atoms with E-state index >= 15 is 0 Å². The van der Waals surface area contributed by atoms with Crippen LogP contribution in [0.5, 0.6) is 17.2 Å². The highest BCUT2D eigenvalue weighted by Gasteiger charge is 2.15. The van der Waals surface area contributed by atoms with Gasteiger partial charge < -0.3 is 37.4 Å². The highest BCUT2D eigenvalue weighted by atomic mass is 16.3. The van der Waals surface area contributed by atoms with Gasteiger partial charge in [-0.2, -0.15) is 4.98 Å². The van der Waals surface area contributed by atoms with Crippen molar-refractivity contribution in [3.63, 3.8) is 0 Å². The molecule has 0 fully saturated rings. The van der Waals surface area contributed by atoms with E-state index in [0.717, 1.165) is 5.69 Å². The van der Waals surface area contributed by atoms with Crippen molar-refractivity contribution >= 4 is 45.4 Å². The van der Waals surface area contributed by atoms with E-state index in [2.05, 4.69) is 25.6 Å². The normalized spacial score (nSPS) is 10.8. The number of hydrogen-bond donors (Lipinski definition) is 7. The molecule has 1 aromatic heterocycles. The molecular weight excluding hydrogens is 374 g/mol. The molecule has 4 rings (SSSR count). The smallest absolute Gasteiger partial charge is 0.232 e. The largest absolute Gasteiger partial charge is 0.508 e. The monoisotopic (exact) mass is 391 g/mol. The fourth-order valence-electron chi connectivity index (χ4n) is 2.84. The van der Waals surface area contributed by atoms with Gasteiger partial charge in [0.2, 0.25) is 11.9 Å². The molecule has 0 spiro atoms. The van der Waals surface area contributed by atoms with Crippen LogP contribution in [-0.2, 0) is 0 Å². The number of aromatic hydroxyl groups is 3. The van der Waals surface area contributed by atoms with Gasteiger partial charge in [0.1, 0.15) is 23.5 Å². The third-order valence-electron chi connectivity index (χ3n) is 4.20. The lowest BCUT2D eigenvalue weighted by molar-refractivity contribution is 0.459. The molecule has 0 saturated carbocycles. The molecule has 3 aromatic carbocycles. The van der Waals surface area contributed by atoms with E-state index in [1.807, 2.05) is 0 Å². The first-order valence-electron chi connectivity index (χ1n) is 8.46. The van der Waals surface area contributed by atoms with Gasteiger partial charge in [0.05, 0.1) is 5.69 Å². The second-order valence-electron chi connectivity index (χ2n) is 6.25. The van der Waals surface area contributed by atoms with E-state index in [1.165, 1.54) is 24.5 Å². The Kier molecular flexibility index (Phi) is 4.28. The maximum absolute atomic E-state index is 10.4. The Morgan fingerprint density at radius 3 is 2.24 bits per heavy atom. The maximum Gasteiger partial charge on any atom is 0.232 e. The first-order chi connectivity index (χ1) is 13.9. The summed E-state index contributed by atoms with van der Waals surface area (Å²) in [6.07, 6.45) is 1.31. The molecule has 0 radical (unpaired) electrons. The Hall–Kier alpha value is -4.47. The van der Waals surface area contributed by atoms with Crippen molar-refractivity contribution in [2.45, 2.75) is 0 Å². The predicted molar refractivity (Wildman–Crippen MR) is 111 cm³/mol. The molecule has 4 aromatic rings. The van der Waals surface area contributed by atoms with E-state index in [-0.39, 0.29) is 34.8 Å². The number of fused-ring (bicyclic) bond motifs is 1. The van der Waals surface area contributed by atoms with Crippen molar-refractivity contribution in [2.24, 2.45) is 0 Å². The molecule has 0 saturated heterocycles. The Balaban J connectivity index is 1.70. The number of phenols is 3. The minimum atomic E-state index is -0.322. The number of benzene rings is 3. The maximum atomic E-state index is 10.4. The second-order valence-corrected chi connectivity index (χ2v) is 6.25. The number of phenolic OH excluding ortho intramolecular Hbond substituents is 3. The minimum absolute atomic E-state index is 0.0853. The van der Waals surface area contributed by atoms with Crippen molar-refractivity contribution in [2.75, 3.05) is 22.1 Å². The molecule has 0 bridgehead atoms. The van der Waals surface area contributed by atoms with Crippen molar-refractivity contribution in [1.82, 2.24) is 15.0 Å². The molecule has 0 atom stereocenters. The quantitative estimate of drug-likeness (QED) is 0.202. The lowest BCUT2D eigenvalue weighted by atomic mass is 10.0. The summed E-state index contributed by atoms with van der Waals surface area (Å²) in [4.78, 5) is 12.4. The Labute approximate surface area is 164 Å². The van der Waals surface area contributed by atoms with E-state index in [1.54, 1.807) is 24.3 Å². The van der Waals surface area contributed by atoms with Crippen LogP contribution in [0, 0.1) is 0 Å². The first kappa shape index (κ1) is 17.9.